The van der Waals surface area contributed by atoms with E-state index in [2.05, 4.69) is 5.32 Å². The molecule has 0 saturated heterocycles. The van der Waals surface area contributed by atoms with Gasteiger partial charge in [0, 0.05) is 11.3 Å². The quantitative estimate of drug-likeness (QED) is 0.697. The van der Waals surface area contributed by atoms with Crippen LogP contribution in [0.25, 0.3) is 11.1 Å². The SMILES string of the molecule is C[C@@H](OC(=O)C12C[C@@H]3C[C@@H](CC(O)(C3)C1)C2)C(=O)Nc1ccccc1-c1ccccc1. The van der Waals surface area contributed by atoms with E-state index in [0.717, 1.165) is 43.2 Å². The molecular weight excluding hydrogens is 390 g/mol. The van der Waals surface area contributed by atoms with Crippen molar-refractivity contribution in [3.63, 3.8) is 0 Å². The molecule has 1 amide bonds. The molecule has 31 heavy (non-hydrogen) atoms. The van der Waals surface area contributed by atoms with E-state index >= 15 is 0 Å². The molecule has 4 saturated carbocycles. The largest absolute Gasteiger partial charge is 0.452 e. The van der Waals surface area contributed by atoms with Crippen LogP contribution in [0.5, 0.6) is 0 Å². The van der Waals surface area contributed by atoms with E-state index in [4.69, 9.17) is 4.74 Å². The zero-order valence-corrected chi connectivity index (χ0v) is 17.8. The first-order valence-corrected chi connectivity index (χ1v) is 11.2. The zero-order valence-electron chi connectivity index (χ0n) is 17.8. The van der Waals surface area contributed by atoms with Gasteiger partial charge in [-0.15, -0.1) is 0 Å². The van der Waals surface area contributed by atoms with E-state index in [1.165, 1.54) is 0 Å². The monoisotopic (exact) mass is 419 g/mol. The first kappa shape index (κ1) is 20.3. The van der Waals surface area contributed by atoms with Crippen molar-refractivity contribution in [2.24, 2.45) is 17.3 Å². The summed E-state index contributed by atoms with van der Waals surface area (Å²) in [5, 5.41) is 13.8. The number of anilines is 1. The van der Waals surface area contributed by atoms with Crippen molar-refractivity contribution in [2.45, 2.75) is 57.2 Å². The highest BCUT2D eigenvalue weighted by atomic mass is 16.5. The van der Waals surface area contributed by atoms with E-state index in [1.54, 1.807) is 6.92 Å². The number of nitrogens with one attached hydrogen (secondary N) is 1. The molecule has 0 spiro atoms. The van der Waals surface area contributed by atoms with Crippen LogP contribution in [0.15, 0.2) is 54.6 Å². The van der Waals surface area contributed by atoms with Gasteiger partial charge in [0.15, 0.2) is 6.10 Å². The maximum Gasteiger partial charge on any atom is 0.312 e. The molecule has 0 aromatic heterocycles. The second-order valence-corrected chi connectivity index (χ2v) is 9.91. The van der Waals surface area contributed by atoms with Gasteiger partial charge in [-0.3, -0.25) is 9.59 Å². The minimum absolute atomic E-state index is 0.320. The maximum absolute atomic E-state index is 13.2. The second kappa shape index (κ2) is 7.49. The predicted molar refractivity (Wildman–Crippen MR) is 118 cm³/mol. The Kier molecular flexibility index (Phi) is 4.89. The van der Waals surface area contributed by atoms with Crippen LogP contribution in [0.3, 0.4) is 0 Å². The number of carbonyl (C=O) groups excluding carboxylic acids is 2. The van der Waals surface area contributed by atoms with Crippen LogP contribution in [-0.4, -0.2) is 28.7 Å². The van der Waals surface area contributed by atoms with E-state index in [9.17, 15) is 14.7 Å². The highest BCUT2D eigenvalue weighted by Crippen LogP contribution is 2.62. The fourth-order valence-corrected chi connectivity index (χ4v) is 6.49. The number of rotatable bonds is 5. The van der Waals surface area contributed by atoms with Gasteiger partial charge in [0.1, 0.15) is 0 Å². The minimum atomic E-state index is -0.904. The summed E-state index contributed by atoms with van der Waals surface area (Å²) in [4.78, 5) is 26.1. The number of hydrogen-bond acceptors (Lipinski definition) is 4. The van der Waals surface area contributed by atoms with Gasteiger partial charge in [-0.25, -0.2) is 0 Å². The molecule has 5 atom stereocenters. The average Bonchev–Trinajstić information content (AvgIpc) is 2.73. The summed E-state index contributed by atoms with van der Waals surface area (Å²) < 4.78 is 5.70. The third-order valence-corrected chi connectivity index (χ3v) is 7.39. The fraction of sp³-hybridized carbons (Fsp3) is 0.462. The van der Waals surface area contributed by atoms with E-state index in [0.29, 0.717) is 23.9 Å². The number of ether oxygens (including phenoxy) is 1. The van der Waals surface area contributed by atoms with Crippen LogP contribution < -0.4 is 5.32 Å². The van der Waals surface area contributed by atoms with Crippen molar-refractivity contribution in [1.82, 2.24) is 0 Å². The van der Waals surface area contributed by atoms with Crippen LogP contribution in [0.1, 0.15) is 45.4 Å². The van der Waals surface area contributed by atoms with Crippen LogP contribution in [0, 0.1) is 17.3 Å². The summed E-state index contributed by atoms with van der Waals surface area (Å²) in [6.07, 6.45) is 3.81. The highest BCUT2D eigenvalue weighted by Gasteiger charge is 2.61. The van der Waals surface area contributed by atoms with Crippen molar-refractivity contribution in [3.05, 3.63) is 54.6 Å². The molecule has 5 nitrogen and oxygen atoms in total. The summed E-state index contributed by atoms with van der Waals surface area (Å²) >= 11 is 0. The van der Waals surface area contributed by atoms with Gasteiger partial charge in [-0.2, -0.15) is 0 Å². The molecule has 0 radical (unpaired) electrons. The molecule has 2 aromatic carbocycles. The van der Waals surface area contributed by atoms with Crippen molar-refractivity contribution >= 4 is 17.6 Å². The molecule has 4 bridgehead atoms. The Morgan fingerprint density at radius 3 is 2.32 bits per heavy atom. The molecule has 5 heteroatoms. The van der Waals surface area contributed by atoms with Crippen molar-refractivity contribution < 1.29 is 19.4 Å². The Hall–Kier alpha value is -2.66. The van der Waals surface area contributed by atoms with Gasteiger partial charge in [0.25, 0.3) is 5.91 Å². The Bertz CT molecular complexity index is 987. The molecule has 4 fully saturated rings. The standard InChI is InChI=1S/C26H29NO4/c1-17(23(28)27-22-10-6-5-9-21(22)20-7-3-2-4-8-20)31-24(29)25-12-18-11-19(13-25)15-26(30,14-18)16-25/h2-10,17-19,30H,11-16H2,1H3,(H,27,28)/t17-,18-,19+,25?,26?/m1/s1. The highest BCUT2D eigenvalue weighted by molar-refractivity contribution is 5.98. The summed E-state index contributed by atoms with van der Waals surface area (Å²) in [6.45, 7) is 1.62. The van der Waals surface area contributed by atoms with Crippen molar-refractivity contribution in [3.8, 4) is 11.1 Å². The predicted octanol–water partition coefficient (Wildman–Crippen LogP) is 4.56. The summed E-state index contributed by atoms with van der Waals surface area (Å²) in [5.41, 5.74) is 1.24. The minimum Gasteiger partial charge on any atom is -0.452 e. The molecule has 2 N–H and O–H groups in total. The summed E-state index contributed by atoms with van der Waals surface area (Å²) in [6, 6.07) is 17.5. The van der Waals surface area contributed by atoms with Crippen LogP contribution in [0.4, 0.5) is 5.69 Å². The van der Waals surface area contributed by atoms with Crippen molar-refractivity contribution in [2.75, 3.05) is 5.32 Å². The summed E-state index contributed by atoms with van der Waals surface area (Å²) in [5.74, 6) is 0.112. The van der Waals surface area contributed by atoms with Crippen LogP contribution >= 0.6 is 0 Å². The summed E-state index contributed by atoms with van der Waals surface area (Å²) in [7, 11) is 0. The first-order valence-electron chi connectivity index (χ1n) is 11.2. The van der Waals surface area contributed by atoms with E-state index in [1.807, 2.05) is 54.6 Å². The number of esters is 1. The van der Waals surface area contributed by atoms with Gasteiger partial charge in [-0.1, -0.05) is 48.5 Å². The number of aliphatic hydroxyl groups is 1. The maximum atomic E-state index is 13.2. The number of amides is 1. The van der Waals surface area contributed by atoms with Gasteiger partial charge in [-0.05, 0) is 68.9 Å². The molecular formula is C26H29NO4. The van der Waals surface area contributed by atoms with Gasteiger partial charge in [0.2, 0.25) is 0 Å². The molecule has 4 aliphatic rings. The molecule has 2 unspecified atom stereocenters. The number of benzene rings is 2. The van der Waals surface area contributed by atoms with E-state index < -0.39 is 17.1 Å². The Morgan fingerprint density at radius 2 is 1.65 bits per heavy atom. The molecule has 162 valence electrons. The lowest BCUT2D eigenvalue weighted by atomic mass is 9.48. The molecule has 2 aromatic rings. The van der Waals surface area contributed by atoms with Crippen molar-refractivity contribution in [1.29, 1.82) is 0 Å². The Labute approximate surface area is 182 Å². The average molecular weight is 420 g/mol. The topological polar surface area (TPSA) is 75.6 Å². The Morgan fingerprint density at radius 1 is 1.00 bits per heavy atom. The lowest BCUT2D eigenvalue weighted by Gasteiger charge is -2.58. The Balaban J connectivity index is 1.28. The third-order valence-electron chi connectivity index (χ3n) is 7.39. The third kappa shape index (κ3) is 3.76. The van der Waals surface area contributed by atoms with Crippen LogP contribution in [0.2, 0.25) is 0 Å². The second-order valence-electron chi connectivity index (χ2n) is 9.91. The lowest BCUT2D eigenvalue weighted by Crippen LogP contribution is -2.59. The van der Waals surface area contributed by atoms with Gasteiger partial charge >= 0.3 is 5.97 Å². The fourth-order valence-electron chi connectivity index (χ4n) is 6.49. The number of hydrogen-bond donors (Lipinski definition) is 2. The molecule has 6 rings (SSSR count). The van der Waals surface area contributed by atoms with Crippen LogP contribution in [-0.2, 0) is 14.3 Å². The zero-order chi connectivity index (χ0) is 21.6. The first-order chi connectivity index (χ1) is 14.9. The smallest absolute Gasteiger partial charge is 0.312 e. The molecule has 0 aliphatic heterocycles. The van der Waals surface area contributed by atoms with Gasteiger partial charge < -0.3 is 15.2 Å². The number of para-hydroxylation sites is 1. The van der Waals surface area contributed by atoms with Gasteiger partial charge in [0.05, 0.1) is 11.0 Å². The number of carbonyl (C=O) groups is 2. The lowest BCUT2D eigenvalue weighted by molar-refractivity contribution is -0.199. The normalized spacial score (nSPS) is 31.8. The molecule has 0 heterocycles. The van der Waals surface area contributed by atoms with E-state index in [-0.39, 0.29) is 11.9 Å². The molecule has 4 aliphatic carbocycles.